The molecule has 1 aliphatic rings. The maximum absolute atomic E-state index is 12.6. The molecule has 1 saturated heterocycles. The van der Waals surface area contributed by atoms with E-state index < -0.39 is 12.4 Å². The van der Waals surface area contributed by atoms with Gasteiger partial charge < -0.3 is 46.1 Å². The summed E-state index contributed by atoms with van der Waals surface area (Å²) >= 11 is 0. The lowest BCUT2D eigenvalue weighted by atomic mass is 9.98. The Bertz CT molecular complexity index is 2110. The average molecular weight is 801 g/mol. The number of phenolic OH excluding ortho intramolecular Hbond substituents is 1. The Kier molecular flexibility index (Phi) is 15.6. The normalized spacial score (nSPS) is 17.1. The van der Waals surface area contributed by atoms with Gasteiger partial charge in [-0.1, -0.05) is 104 Å². The molecule has 1 heterocycles. The van der Waals surface area contributed by atoms with Gasteiger partial charge in [-0.2, -0.15) is 0 Å². The van der Waals surface area contributed by atoms with Gasteiger partial charge in [0, 0.05) is 44.5 Å². The molecule has 4 unspecified atom stereocenters. The average Bonchev–Trinajstić information content (AvgIpc) is 3.25. The van der Waals surface area contributed by atoms with Gasteiger partial charge in [0.1, 0.15) is 5.75 Å². The lowest BCUT2D eigenvalue weighted by Gasteiger charge is -2.38. The highest BCUT2D eigenvalue weighted by atomic mass is 16.7. The van der Waals surface area contributed by atoms with E-state index in [1.165, 1.54) is 0 Å². The summed E-state index contributed by atoms with van der Waals surface area (Å²) in [5, 5.41) is 36.2. The van der Waals surface area contributed by atoms with Gasteiger partial charge in [-0.3, -0.25) is 9.59 Å². The fourth-order valence-corrected chi connectivity index (χ4v) is 7.32. The number of aromatic hydroxyl groups is 1. The van der Waals surface area contributed by atoms with Crippen molar-refractivity contribution in [1.82, 2.24) is 10.2 Å². The number of hydrogen-bond donors (Lipinski definition) is 6. The van der Waals surface area contributed by atoms with Crippen LogP contribution in [-0.4, -0.2) is 58.3 Å². The fourth-order valence-electron chi connectivity index (χ4n) is 7.32. The van der Waals surface area contributed by atoms with Gasteiger partial charge in [0.2, 0.25) is 11.8 Å². The van der Waals surface area contributed by atoms with Gasteiger partial charge in [0.15, 0.2) is 6.29 Å². The molecule has 5 aromatic rings. The number of rotatable bonds is 19. The van der Waals surface area contributed by atoms with Gasteiger partial charge >= 0.3 is 0 Å². The minimum atomic E-state index is -0.775. The zero-order chi connectivity index (χ0) is 41.6. The highest BCUT2D eigenvalue weighted by molar-refractivity contribution is 5.93. The summed E-state index contributed by atoms with van der Waals surface area (Å²) in [6, 6.07) is 37.9. The number of anilines is 2. The molecule has 0 radical (unpaired) electrons. The Morgan fingerprint density at radius 2 is 1.49 bits per heavy atom. The molecule has 0 bridgehead atoms. The molecule has 7 N–H and O–H groups in total. The molecule has 0 aromatic heterocycles. The Balaban J connectivity index is 0.995. The second-order valence-electron chi connectivity index (χ2n) is 15.3. The number of aliphatic hydroxyl groups is 2. The van der Waals surface area contributed by atoms with Gasteiger partial charge in [-0.25, -0.2) is 0 Å². The van der Waals surface area contributed by atoms with Crippen molar-refractivity contribution < 1.29 is 34.4 Å². The molecule has 59 heavy (non-hydrogen) atoms. The lowest BCUT2D eigenvalue weighted by molar-refractivity contribution is -0.252. The van der Waals surface area contributed by atoms with Crippen molar-refractivity contribution in [3.63, 3.8) is 0 Å². The van der Waals surface area contributed by atoms with Crippen molar-refractivity contribution in [1.29, 1.82) is 0 Å². The Morgan fingerprint density at radius 1 is 0.780 bits per heavy atom. The summed E-state index contributed by atoms with van der Waals surface area (Å²) in [7, 11) is 1.94. The van der Waals surface area contributed by atoms with Crippen molar-refractivity contribution in [3.05, 3.63) is 149 Å². The van der Waals surface area contributed by atoms with Crippen molar-refractivity contribution >= 4 is 23.2 Å². The second kappa shape index (κ2) is 21.4. The Morgan fingerprint density at radius 3 is 2.22 bits per heavy atom. The predicted molar refractivity (Wildman–Crippen MR) is 230 cm³/mol. The number of nitrogens with one attached hydrogen (secondary N) is 2. The molecule has 0 spiro atoms. The highest BCUT2D eigenvalue weighted by Crippen LogP contribution is 2.39. The molecule has 11 heteroatoms. The van der Waals surface area contributed by atoms with Crippen molar-refractivity contribution in [2.24, 2.45) is 0 Å². The number of para-hydroxylation sites is 2. The number of unbranched alkanes of at least 4 members (excludes halogenated alkanes) is 3. The molecule has 0 aliphatic carbocycles. The summed E-state index contributed by atoms with van der Waals surface area (Å²) in [6.45, 7) is 1.31. The number of nitrogens with zero attached hydrogens (tertiary/aromatic N) is 1. The number of nitrogens with two attached hydrogens (primary N) is 1. The van der Waals surface area contributed by atoms with Gasteiger partial charge in [0.05, 0.1) is 36.3 Å². The van der Waals surface area contributed by atoms with E-state index in [1.807, 2.05) is 90.8 Å². The van der Waals surface area contributed by atoms with Crippen molar-refractivity contribution in [2.45, 2.75) is 82.7 Å². The molecule has 11 nitrogen and oxygen atoms in total. The first-order valence-electron chi connectivity index (χ1n) is 20.4. The lowest BCUT2D eigenvalue weighted by Crippen LogP contribution is -2.39. The van der Waals surface area contributed by atoms with Crippen LogP contribution in [-0.2, 0) is 32.2 Å². The van der Waals surface area contributed by atoms with E-state index in [1.54, 1.807) is 36.4 Å². The number of nitrogen functional groups attached to an aromatic ring is 1. The number of carbonyl (C=O) groups excluding carboxylic acids is 2. The molecule has 5 aromatic carbocycles. The molecule has 6 rings (SSSR count). The standard InChI is InChI=1S/C48H56N4O7/c1-52(31-44(55)39-12-9-13-40(54)27-39)30-41-28-45(36-20-18-33(32-53)19-21-36)59-48(58-41)37-24-22-35(23-25-37)38-11-8-10-34(26-38)29-50-46(56)16-4-2-3-5-17-47(57)51-43-15-7-6-14-42(43)49/h6-15,18-27,41,44-45,48,53-55H,2-5,16-17,28-32,49H2,1H3,(H,50,56)(H,51,57). The number of ether oxygens (including phenoxy) is 2. The van der Waals surface area contributed by atoms with E-state index >= 15 is 0 Å². The number of hydrogen-bond acceptors (Lipinski definition) is 9. The van der Waals surface area contributed by atoms with Gasteiger partial charge in [-0.15, -0.1) is 0 Å². The maximum Gasteiger partial charge on any atom is 0.224 e. The van der Waals surface area contributed by atoms with E-state index in [0.717, 1.165) is 59.1 Å². The van der Waals surface area contributed by atoms with Crippen LogP contribution in [0.1, 0.15) is 91.3 Å². The number of amides is 2. The topological polar surface area (TPSA) is 167 Å². The molecule has 4 atom stereocenters. The summed E-state index contributed by atoms with van der Waals surface area (Å²) < 4.78 is 13.1. The predicted octanol–water partition coefficient (Wildman–Crippen LogP) is 7.94. The van der Waals surface area contributed by atoms with Crippen LogP contribution >= 0.6 is 0 Å². The van der Waals surface area contributed by atoms with Crippen LogP contribution in [0.2, 0.25) is 0 Å². The van der Waals surface area contributed by atoms with Crippen LogP contribution in [0.3, 0.4) is 0 Å². The number of benzene rings is 5. The van der Waals surface area contributed by atoms with Crippen LogP contribution in [0, 0.1) is 0 Å². The minimum Gasteiger partial charge on any atom is -0.508 e. The summed E-state index contributed by atoms with van der Waals surface area (Å²) in [5.74, 6) is 0.0602. The number of phenols is 1. The Hall–Kier alpha value is -5.56. The highest BCUT2D eigenvalue weighted by Gasteiger charge is 2.33. The largest absolute Gasteiger partial charge is 0.508 e. The summed E-state index contributed by atoms with van der Waals surface area (Å²) in [5.41, 5.74) is 13.5. The van der Waals surface area contributed by atoms with Crippen LogP contribution < -0.4 is 16.4 Å². The maximum atomic E-state index is 12.6. The second-order valence-corrected chi connectivity index (χ2v) is 15.3. The summed E-state index contributed by atoms with van der Waals surface area (Å²) in [4.78, 5) is 26.9. The molecule has 2 amide bonds. The first kappa shape index (κ1) is 43.0. The molecule has 310 valence electrons. The first-order valence-corrected chi connectivity index (χ1v) is 20.4. The van der Waals surface area contributed by atoms with Crippen molar-refractivity contribution in [2.75, 3.05) is 31.2 Å². The third-order valence-electron chi connectivity index (χ3n) is 10.6. The smallest absolute Gasteiger partial charge is 0.224 e. The number of likely N-dealkylation sites (N-methyl/N-ethyl adjacent to an activating group) is 1. The molecule has 1 aliphatic heterocycles. The Labute approximate surface area is 346 Å². The van der Waals surface area contributed by atoms with Crippen LogP contribution in [0.15, 0.2) is 121 Å². The zero-order valence-electron chi connectivity index (χ0n) is 33.6. The molecular formula is C48H56N4O7. The van der Waals surface area contributed by atoms with E-state index in [4.69, 9.17) is 15.2 Å². The van der Waals surface area contributed by atoms with E-state index in [2.05, 4.69) is 16.7 Å². The quantitative estimate of drug-likeness (QED) is 0.0359. The third kappa shape index (κ3) is 13.0. The van der Waals surface area contributed by atoms with E-state index in [9.17, 15) is 24.9 Å². The number of carbonyl (C=O) groups is 2. The minimum absolute atomic E-state index is 0.00402. The van der Waals surface area contributed by atoms with E-state index in [0.29, 0.717) is 55.8 Å². The zero-order valence-corrected chi connectivity index (χ0v) is 33.6. The first-order chi connectivity index (χ1) is 28.6. The van der Waals surface area contributed by atoms with Crippen LogP contribution in [0.25, 0.3) is 11.1 Å². The van der Waals surface area contributed by atoms with Gasteiger partial charge in [0.25, 0.3) is 0 Å². The number of aliphatic hydroxyl groups excluding tert-OH is 2. The third-order valence-corrected chi connectivity index (χ3v) is 10.6. The van der Waals surface area contributed by atoms with Gasteiger partial charge in [-0.05, 0) is 83.6 Å². The molecular weight excluding hydrogens is 745 g/mol. The van der Waals surface area contributed by atoms with Crippen molar-refractivity contribution in [3.8, 4) is 16.9 Å². The molecule has 1 fully saturated rings. The van der Waals surface area contributed by atoms with Crippen LogP contribution in [0.4, 0.5) is 11.4 Å². The van der Waals surface area contributed by atoms with Crippen LogP contribution in [0.5, 0.6) is 5.75 Å². The molecule has 0 saturated carbocycles. The fraction of sp³-hybridized carbons (Fsp3) is 0.333. The summed E-state index contributed by atoms with van der Waals surface area (Å²) in [6.07, 6.45) is 2.86. The van der Waals surface area contributed by atoms with E-state index in [-0.39, 0.29) is 36.4 Å². The SMILES string of the molecule is CN(CC1CC(c2ccc(CO)cc2)OC(c2ccc(-c3cccc(CNC(=O)CCCCCCC(=O)Nc4ccccc4N)c3)cc2)O1)CC(O)c1cccc(O)c1. The monoisotopic (exact) mass is 800 g/mol.